The summed E-state index contributed by atoms with van der Waals surface area (Å²) in [6.45, 7) is 0. The van der Waals surface area contributed by atoms with Crippen LogP contribution < -0.4 is 10.9 Å². The molecule has 0 aromatic carbocycles. The van der Waals surface area contributed by atoms with Crippen LogP contribution >= 0.6 is 11.3 Å². The van der Waals surface area contributed by atoms with Crippen LogP contribution in [-0.4, -0.2) is 30.1 Å². The van der Waals surface area contributed by atoms with Gasteiger partial charge >= 0.3 is 0 Å². The van der Waals surface area contributed by atoms with Gasteiger partial charge in [0.05, 0.1) is 0 Å². The van der Waals surface area contributed by atoms with Crippen molar-refractivity contribution >= 4 is 28.0 Å². The van der Waals surface area contributed by atoms with Crippen LogP contribution in [-0.2, 0) is 0 Å². The van der Waals surface area contributed by atoms with Crippen LogP contribution in [0.5, 0.6) is 0 Å². The highest BCUT2D eigenvalue weighted by Crippen LogP contribution is 2.16. The molecule has 118 valence electrons. The Balaban J connectivity index is 1.93. The SMILES string of the molecule is O=C(Nc1nccs1)c1cc2nccc(=O)n2n1-c1ccccn1. The first kappa shape index (κ1) is 14.3. The molecule has 0 aliphatic heterocycles. The van der Waals surface area contributed by atoms with Crippen LogP contribution in [0.2, 0.25) is 0 Å². The fourth-order valence-corrected chi connectivity index (χ4v) is 2.84. The molecule has 8 nitrogen and oxygen atoms in total. The van der Waals surface area contributed by atoms with Crippen molar-refractivity contribution in [3.8, 4) is 5.82 Å². The first-order chi connectivity index (χ1) is 11.7. The summed E-state index contributed by atoms with van der Waals surface area (Å²) in [4.78, 5) is 37.3. The number of hydrogen-bond acceptors (Lipinski definition) is 6. The number of aromatic nitrogens is 5. The average Bonchev–Trinajstić information content (AvgIpc) is 3.23. The van der Waals surface area contributed by atoms with Gasteiger partial charge in [-0.1, -0.05) is 6.07 Å². The highest BCUT2D eigenvalue weighted by atomic mass is 32.1. The number of carbonyl (C=O) groups excluding carboxylic acids is 1. The van der Waals surface area contributed by atoms with Gasteiger partial charge in [-0.15, -0.1) is 11.3 Å². The highest BCUT2D eigenvalue weighted by molar-refractivity contribution is 7.13. The number of nitrogens with one attached hydrogen (secondary N) is 1. The highest BCUT2D eigenvalue weighted by Gasteiger charge is 2.20. The van der Waals surface area contributed by atoms with Crippen LogP contribution in [0.4, 0.5) is 5.13 Å². The molecular weight excluding hydrogens is 328 g/mol. The summed E-state index contributed by atoms with van der Waals surface area (Å²) in [6, 6.07) is 8.11. The predicted molar refractivity (Wildman–Crippen MR) is 88.7 cm³/mol. The van der Waals surface area contributed by atoms with E-state index < -0.39 is 5.91 Å². The van der Waals surface area contributed by atoms with E-state index in [0.717, 1.165) is 0 Å². The molecule has 0 aliphatic rings. The van der Waals surface area contributed by atoms with Crippen molar-refractivity contribution in [1.82, 2.24) is 24.1 Å². The molecule has 4 heterocycles. The Morgan fingerprint density at radius 1 is 1.08 bits per heavy atom. The van der Waals surface area contributed by atoms with E-state index in [1.54, 1.807) is 42.0 Å². The maximum absolute atomic E-state index is 12.7. The number of amides is 1. The van der Waals surface area contributed by atoms with Crippen LogP contribution in [0.15, 0.2) is 59.1 Å². The molecule has 0 spiro atoms. The number of anilines is 1. The number of fused-ring (bicyclic) bond motifs is 1. The third kappa shape index (κ3) is 2.36. The molecule has 1 N–H and O–H groups in total. The molecule has 1 amide bonds. The smallest absolute Gasteiger partial charge is 0.276 e. The molecular formula is C15H10N6O2S. The van der Waals surface area contributed by atoms with Crippen molar-refractivity contribution < 1.29 is 4.79 Å². The van der Waals surface area contributed by atoms with E-state index in [2.05, 4.69) is 20.3 Å². The largest absolute Gasteiger partial charge is 0.296 e. The summed E-state index contributed by atoms with van der Waals surface area (Å²) in [5, 5.41) is 4.94. The lowest BCUT2D eigenvalue weighted by Crippen LogP contribution is -2.24. The summed E-state index contributed by atoms with van der Waals surface area (Å²) in [6.07, 6.45) is 4.59. The zero-order valence-electron chi connectivity index (χ0n) is 12.2. The van der Waals surface area contributed by atoms with Gasteiger partial charge in [-0.05, 0) is 12.1 Å². The van der Waals surface area contributed by atoms with Crippen LogP contribution in [0.25, 0.3) is 11.5 Å². The van der Waals surface area contributed by atoms with Crippen LogP contribution in [0.1, 0.15) is 10.5 Å². The van der Waals surface area contributed by atoms with Crippen molar-refractivity contribution in [2.24, 2.45) is 0 Å². The van der Waals surface area contributed by atoms with E-state index in [9.17, 15) is 9.59 Å². The van der Waals surface area contributed by atoms with Crippen molar-refractivity contribution in [1.29, 1.82) is 0 Å². The summed E-state index contributed by atoms with van der Waals surface area (Å²) in [7, 11) is 0. The van der Waals surface area contributed by atoms with Crippen LogP contribution in [0, 0.1) is 0 Å². The minimum atomic E-state index is -0.402. The minimum Gasteiger partial charge on any atom is -0.296 e. The van der Waals surface area contributed by atoms with Gasteiger partial charge in [0.1, 0.15) is 5.69 Å². The molecule has 0 fully saturated rings. The van der Waals surface area contributed by atoms with Crippen molar-refractivity contribution in [2.75, 3.05) is 5.32 Å². The van der Waals surface area contributed by atoms with Gasteiger partial charge in [-0.2, -0.15) is 4.52 Å². The normalized spacial score (nSPS) is 10.8. The monoisotopic (exact) mass is 338 g/mol. The van der Waals surface area contributed by atoms with Crippen molar-refractivity contribution in [3.05, 3.63) is 70.4 Å². The quantitative estimate of drug-likeness (QED) is 0.612. The van der Waals surface area contributed by atoms with Gasteiger partial charge in [0.25, 0.3) is 11.5 Å². The average molecular weight is 338 g/mol. The number of pyridine rings is 1. The zero-order chi connectivity index (χ0) is 16.5. The lowest BCUT2D eigenvalue weighted by molar-refractivity contribution is 0.101. The third-order valence-electron chi connectivity index (χ3n) is 3.30. The second-order valence-corrected chi connectivity index (χ2v) is 5.67. The minimum absolute atomic E-state index is 0.236. The van der Waals surface area contributed by atoms with E-state index in [4.69, 9.17) is 0 Å². The standard InChI is InChI=1S/C15H10N6O2S/c22-13-4-6-17-12-9-10(14(23)19-15-18-7-8-24-15)20(21(12)13)11-3-1-2-5-16-11/h1-9H,(H,18,19,23). The number of nitrogens with zero attached hydrogens (tertiary/aromatic N) is 5. The van der Waals surface area contributed by atoms with E-state index in [1.807, 2.05) is 0 Å². The Morgan fingerprint density at radius 2 is 2.00 bits per heavy atom. The number of rotatable bonds is 3. The lowest BCUT2D eigenvalue weighted by Gasteiger charge is -2.09. The molecule has 0 saturated carbocycles. The summed E-state index contributed by atoms with van der Waals surface area (Å²) >= 11 is 1.31. The Labute approximate surface area is 139 Å². The van der Waals surface area contributed by atoms with Crippen molar-refractivity contribution in [2.45, 2.75) is 0 Å². The molecule has 0 atom stereocenters. The van der Waals surface area contributed by atoms with Gasteiger partial charge in [0.2, 0.25) is 0 Å². The van der Waals surface area contributed by atoms with E-state index in [-0.39, 0.29) is 11.3 Å². The number of hydrogen-bond donors (Lipinski definition) is 1. The molecule has 0 aliphatic carbocycles. The molecule has 0 unspecified atom stereocenters. The first-order valence-electron chi connectivity index (χ1n) is 6.96. The van der Waals surface area contributed by atoms with Gasteiger partial charge in [-0.25, -0.2) is 19.6 Å². The molecule has 0 bridgehead atoms. The maximum Gasteiger partial charge on any atom is 0.276 e. The van der Waals surface area contributed by atoms with E-state index in [0.29, 0.717) is 16.6 Å². The third-order valence-corrected chi connectivity index (χ3v) is 3.98. The predicted octanol–water partition coefficient (Wildman–Crippen LogP) is 1.59. The zero-order valence-corrected chi connectivity index (χ0v) is 13.0. The Kier molecular flexibility index (Phi) is 3.39. The Hall–Kier alpha value is -3.33. The van der Waals surface area contributed by atoms with Crippen LogP contribution in [0.3, 0.4) is 0 Å². The molecule has 0 radical (unpaired) electrons. The fraction of sp³-hybridized carbons (Fsp3) is 0. The Bertz CT molecular complexity index is 1070. The first-order valence-corrected chi connectivity index (χ1v) is 7.84. The van der Waals surface area contributed by atoms with E-state index >= 15 is 0 Å². The molecule has 24 heavy (non-hydrogen) atoms. The summed E-state index contributed by atoms with van der Waals surface area (Å²) in [5.41, 5.74) is 0.288. The molecule has 9 heteroatoms. The molecule has 4 aromatic rings. The van der Waals surface area contributed by atoms with Gasteiger partial charge in [0, 0.05) is 36.1 Å². The second-order valence-electron chi connectivity index (χ2n) is 4.77. The summed E-state index contributed by atoms with van der Waals surface area (Å²) in [5.74, 6) is 0.0346. The molecule has 4 aromatic heterocycles. The summed E-state index contributed by atoms with van der Waals surface area (Å²) < 4.78 is 2.74. The topological polar surface area (TPSA) is 94.2 Å². The number of thiazole rings is 1. The number of carbonyl (C=O) groups is 1. The van der Waals surface area contributed by atoms with Gasteiger partial charge in [-0.3, -0.25) is 14.9 Å². The van der Waals surface area contributed by atoms with E-state index in [1.165, 1.54) is 32.8 Å². The Morgan fingerprint density at radius 3 is 2.75 bits per heavy atom. The molecule has 0 saturated heterocycles. The van der Waals surface area contributed by atoms with Gasteiger partial charge in [0.15, 0.2) is 16.6 Å². The van der Waals surface area contributed by atoms with Gasteiger partial charge < -0.3 is 0 Å². The second kappa shape index (κ2) is 5.70. The van der Waals surface area contributed by atoms with Crippen molar-refractivity contribution in [3.63, 3.8) is 0 Å². The maximum atomic E-state index is 12.7. The fourth-order valence-electron chi connectivity index (χ4n) is 2.32. The molecule has 4 rings (SSSR count). The lowest BCUT2D eigenvalue weighted by atomic mass is 10.4.